The van der Waals surface area contributed by atoms with E-state index in [1.165, 1.54) is 12.1 Å². The first kappa shape index (κ1) is 22.0. The maximum absolute atomic E-state index is 13.3. The Labute approximate surface area is 182 Å². The van der Waals surface area contributed by atoms with Gasteiger partial charge in [0.2, 0.25) is 5.13 Å². The molecule has 0 amide bonds. The number of ether oxygens (including phenoxy) is 1. The Morgan fingerprint density at radius 2 is 1.83 bits per heavy atom. The first-order valence-corrected chi connectivity index (χ1v) is 10.2. The van der Waals surface area contributed by atoms with Gasteiger partial charge in [0, 0.05) is 21.0 Å². The topological polar surface area (TPSA) is 63.6 Å². The molecule has 0 aliphatic carbocycles. The van der Waals surface area contributed by atoms with Crippen LogP contribution in [0.25, 0.3) is 11.3 Å². The molecule has 2 aromatic carbocycles. The summed E-state index contributed by atoms with van der Waals surface area (Å²) in [5.74, 6) is 0.000578. The number of rotatable bonds is 7. The molecule has 3 rings (SSSR count). The van der Waals surface area contributed by atoms with Gasteiger partial charge in [0.25, 0.3) is 0 Å². The number of alkyl halides is 3. The third-order valence-corrected chi connectivity index (χ3v) is 5.27. The van der Waals surface area contributed by atoms with E-state index >= 15 is 0 Å². The third kappa shape index (κ3) is 5.67. The van der Waals surface area contributed by atoms with E-state index in [1.54, 1.807) is 48.9 Å². The summed E-state index contributed by atoms with van der Waals surface area (Å²) in [6.07, 6.45) is -5.64. The van der Waals surface area contributed by atoms with Crippen LogP contribution in [0.15, 0.2) is 63.5 Å². The number of ketones is 1. The third-order valence-electron chi connectivity index (χ3n) is 4.00. The molecule has 1 heterocycles. The molecule has 0 saturated heterocycles. The van der Waals surface area contributed by atoms with Gasteiger partial charge in [-0.1, -0.05) is 28.1 Å². The zero-order valence-electron chi connectivity index (χ0n) is 15.5. The van der Waals surface area contributed by atoms with E-state index in [0.29, 0.717) is 11.4 Å². The molecule has 10 heteroatoms. The highest BCUT2D eigenvalue weighted by Gasteiger charge is 2.37. The molecule has 3 aromatic rings. The molecule has 0 fully saturated rings. The molecule has 1 aromatic heterocycles. The van der Waals surface area contributed by atoms with E-state index in [2.05, 4.69) is 31.4 Å². The van der Waals surface area contributed by atoms with Gasteiger partial charge in [0.05, 0.1) is 19.2 Å². The summed E-state index contributed by atoms with van der Waals surface area (Å²) in [7, 11) is 1.55. The van der Waals surface area contributed by atoms with Crippen molar-refractivity contribution >= 4 is 43.9 Å². The molecule has 0 aliphatic rings. The molecular weight excluding hydrogens is 483 g/mol. The monoisotopic (exact) mass is 497 g/mol. The number of hydrazone groups is 1. The van der Waals surface area contributed by atoms with Crippen molar-refractivity contribution in [2.45, 2.75) is 12.6 Å². The highest BCUT2D eigenvalue weighted by Crippen LogP contribution is 2.27. The Morgan fingerprint density at radius 3 is 2.43 bits per heavy atom. The van der Waals surface area contributed by atoms with Gasteiger partial charge in [0.1, 0.15) is 11.5 Å². The maximum atomic E-state index is 13.3. The van der Waals surface area contributed by atoms with Gasteiger partial charge in [0.15, 0.2) is 5.78 Å². The van der Waals surface area contributed by atoms with Crippen molar-refractivity contribution in [1.29, 1.82) is 0 Å². The van der Waals surface area contributed by atoms with Crippen molar-refractivity contribution in [2.24, 2.45) is 5.10 Å². The summed E-state index contributed by atoms with van der Waals surface area (Å²) in [5.41, 5.74) is 2.63. The van der Waals surface area contributed by atoms with Crippen molar-refractivity contribution in [2.75, 3.05) is 12.5 Å². The van der Waals surface area contributed by atoms with Crippen molar-refractivity contribution in [1.82, 2.24) is 4.98 Å². The Morgan fingerprint density at radius 1 is 1.17 bits per heavy atom. The Bertz CT molecular complexity index is 1050. The van der Waals surface area contributed by atoms with Crippen LogP contribution in [0, 0.1) is 0 Å². The van der Waals surface area contributed by atoms with Crippen LogP contribution in [-0.4, -0.2) is 29.8 Å². The minimum Gasteiger partial charge on any atom is -0.497 e. The van der Waals surface area contributed by atoms with E-state index in [9.17, 15) is 18.0 Å². The number of carbonyl (C=O) groups excluding carboxylic acids is 1. The second kappa shape index (κ2) is 9.40. The number of Topliss-reactive ketones (excluding diaryl/α,β-unsaturated/α-hetero) is 1. The normalized spacial score (nSPS) is 12.0. The predicted molar refractivity (Wildman–Crippen MR) is 114 cm³/mol. The van der Waals surface area contributed by atoms with E-state index in [1.807, 2.05) is 0 Å². The Kier molecular flexibility index (Phi) is 6.88. The number of hydrogen-bond acceptors (Lipinski definition) is 6. The molecule has 0 spiro atoms. The number of benzene rings is 2. The van der Waals surface area contributed by atoms with Crippen LogP contribution in [0.1, 0.15) is 16.8 Å². The number of methoxy groups -OCH3 is 1. The average molecular weight is 498 g/mol. The zero-order chi connectivity index (χ0) is 21.7. The highest BCUT2D eigenvalue weighted by atomic mass is 79.9. The molecule has 5 nitrogen and oxygen atoms in total. The van der Waals surface area contributed by atoms with Crippen LogP contribution in [0.4, 0.5) is 18.3 Å². The summed E-state index contributed by atoms with van der Waals surface area (Å²) < 4.78 is 45.9. The number of halogens is 4. The average Bonchev–Trinajstić information content (AvgIpc) is 3.19. The van der Waals surface area contributed by atoms with Crippen LogP contribution in [0.5, 0.6) is 5.75 Å². The van der Waals surface area contributed by atoms with Crippen LogP contribution < -0.4 is 10.2 Å². The predicted octanol–water partition coefficient (Wildman–Crippen LogP) is 6.18. The highest BCUT2D eigenvalue weighted by molar-refractivity contribution is 9.10. The first-order chi connectivity index (χ1) is 14.3. The lowest BCUT2D eigenvalue weighted by atomic mass is 10.1. The van der Waals surface area contributed by atoms with Crippen LogP contribution in [0.2, 0.25) is 0 Å². The van der Waals surface area contributed by atoms with Gasteiger partial charge in [-0.05, 0) is 36.4 Å². The lowest BCUT2D eigenvalue weighted by molar-refractivity contribution is -0.0602. The first-order valence-electron chi connectivity index (χ1n) is 8.55. The minimum absolute atomic E-state index is 0.172. The number of nitrogens with one attached hydrogen (secondary N) is 1. The fourth-order valence-electron chi connectivity index (χ4n) is 2.43. The summed E-state index contributed by atoms with van der Waals surface area (Å²) in [6, 6.07) is 13.2. The molecule has 0 aliphatic heterocycles. The fraction of sp³-hybridized carbons (Fsp3) is 0.150. The lowest BCUT2D eigenvalue weighted by Crippen LogP contribution is -2.27. The zero-order valence-corrected chi connectivity index (χ0v) is 17.9. The molecule has 1 N–H and O–H groups in total. The molecule has 0 unspecified atom stereocenters. The van der Waals surface area contributed by atoms with Crippen LogP contribution in [-0.2, 0) is 0 Å². The number of anilines is 1. The van der Waals surface area contributed by atoms with Crippen molar-refractivity contribution in [3.05, 3.63) is 63.9 Å². The van der Waals surface area contributed by atoms with Crippen molar-refractivity contribution in [3.8, 4) is 17.0 Å². The van der Waals surface area contributed by atoms with E-state index in [0.717, 1.165) is 21.4 Å². The molecular formula is C20H15BrF3N3O2S. The summed E-state index contributed by atoms with van der Waals surface area (Å²) in [6.45, 7) is 0. The lowest BCUT2D eigenvalue weighted by Gasteiger charge is -2.10. The SMILES string of the molecule is COc1ccc(-c2csc(N/N=C(\CC(=O)c3ccc(Br)cc3)C(F)(F)F)n2)cc1. The van der Waals surface area contributed by atoms with Gasteiger partial charge in [-0.15, -0.1) is 11.3 Å². The maximum Gasteiger partial charge on any atom is 0.431 e. The number of carbonyl (C=O) groups is 1. The smallest absolute Gasteiger partial charge is 0.431 e. The fourth-order valence-corrected chi connectivity index (χ4v) is 3.35. The second-order valence-electron chi connectivity index (χ2n) is 6.04. The molecule has 0 saturated carbocycles. The summed E-state index contributed by atoms with van der Waals surface area (Å²) in [5, 5.41) is 5.30. The molecule has 156 valence electrons. The summed E-state index contributed by atoms with van der Waals surface area (Å²) >= 11 is 4.32. The largest absolute Gasteiger partial charge is 0.497 e. The Hall–Kier alpha value is -2.72. The van der Waals surface area contributed by atoms with Gasteiger partial charge < -0.3 is 4.74 Å². The number of aromatic nitrogens is 1. The number of hydrogen-bond donors (Lipinski definition) is 1. The van der Waals surface area contributed by atoms with Gasteiger partial charge in [-0.3, -0.25) is 10.2 Å². The number of thiazole rings is 1. The standard InChI is InChI=1S/C20H15BrF3N3O2S/c1-29-15-8-4-12(5-9-15)16-11-30-19(25-16)27-26-18(20(22,23)24)10-17(28)13-2-6-14(21)7-3-13/h2-9,11H,10H2,1H3,(H,25,27)/b26-18+. The van der Waals surface area contributed by atoms with Crippen molar-refractivity contribution < 1.29 is 22.7 Å². The number of nitrogens with zero attached hydrogens (tertiary/aromatic N) is 2. The van der Waals surface area contributed by atoms with Crippen LogP contribution in [0.3, 0.4) is 0 Å². The Balaban J connectivity index is 1.74. The van der Waals surface area contributed by atoms with Gasteiger partial charge in [-0.2, -0.15) is 18.3 Å². The van der Waals surface area contributed by atoms with Gasteiger partial charge >= 0.3 is 6.18 Å². The molecule has 0 radical (unpaired) electrons. The quantitative estimate of drug-likeness (QED) is 0.240. The molecule has 0 atom stereocenters. The molecule has 30 heavy (non-hydrogen) atoms. The second-order valence-corrected chi connectivity index (χ2v) is 7.82. The van der Waals surface area contributed by atoms with Crippen LogP contribution >= 0.6 is 27.3 Å². The van der Waals surface area contributed by atoms with Gasteiger partial charge in [-0.25, -0.2) is 4.98 Å². The molecule has 0 bridgehead atoms. The van der Waals surface area contributed by atoms with Crippen molar-refractivity contribution in [3.63, 3.8) is 0 Å². The van der Waals surface area contributed by atoms with E-state index in [-0.39, 0.29) is 10.7 Å². The minimum atomic E-state index is -4.76. The van der Waals surface area contributed by atoms with E-state index in [4.69, 9.17) is 4.74 Å². The summed E-state index contributed by atoms with van der Waals surface area (Å²) in [4.78, 5) is 16.5. The van der Waals surface area contributed by atoms with E-state index < -0.39 is 24.1 Å².